The van der Waals surface area contributed by atoms with Gasteiger partial charge in [0.1, 0.15) is 5.82 Å². The van der Waals surface area contributed by atoms with E-state index in [9.17, 15) is 19.1 Å². The van der Waals surface area contributed by atoms with Crippen molar-refractivity contribution in [3.8, 4) is 0 Å². The number of hydrogen-bond donors (Lipinski definition) is 2. The van der Waals surface area contributed by atoms with Crippen LogP contribution in [0.1, 0.15) is 30.7 Å². The molecular formula is C18H21ClFNO4. The van der Waals surface area contributed by atoms with Gasteiger partial charge in [-0.3, -0.25) is 9.59 Å². The number of rotatable bonds is 6. The van der Waals surface area contributed by atoms with Gasteiger partial charge in [-0.1, -0.05) is 17.7 Å². The van der Waals surface area contributed by atoms with Gasteiger partial charge in [0, 0.05) is 42.2 Å². The lowest BCUT2D eigenvalue weighted by Gasteiger charge is -2.27. The summed E-state index contributed by atoms with van der Waals surface area (Å²) in [6, 6.07) is 4.48. The van der Waals surface area contributed by atoms with Crippen LogP contribution in [0.4, 0.5) is 4.39 Å². The smallest absolute Gasteiger partial charge is 0.308 e. The summed E-state index contributed by atoms with van der Waals surface area (Å²) >= 11 is 6.04. The first-order valence-corrected chi connectivity index (χ1v) is 8.89. The first-order chi connectivity index (χ1) is 12.0. The normalized spacial score (nSPS) is 24.6. The van der Waals surface area contributed by atoms with Crippen molar-refractivity contribution in [2.75, 3.05) is 19.8 Å². The number of carbonyl (C=O) groups excluding carboxylic acids is 1. The molecule has 0 bridgehead atoms. The minimum Gasteiger partial charge on any atom is -0.481 e. The Morgan fingerprint density at radius 2 is 2.08 bits per heavy atom. The number of ether oxygens (including phenoxy) is 1. The number of benzene rings is 1. The lowest BCUT2D eigenvalue weighted by Crippen LogP contribution is -2.39. The van der Waals surface area contributed by atoms with Crippen molar-refractivity contribution in [3.63, 3.8) is 0 Å². The number of hydrogen-bond acceptors (Lipinski definition) is 3. The fraction of sp³-hybridized carbons (Fsp3) is 0.556. The van der Waals surface area contributed by atoms with E-state index in [1.165, 1.54) is 12.1 Å². The summed E-state index contributed by atoms with van der Waals surface area (Å²) in [5.41, 5.74) is 0.378. The van der Waals surface area contributed by atoms with Crippen molar-refractivity contribution in [1.82, 2.24) is 5.32 Å². The maximum Gasteiger partial charge on any atom is 0.308 e. The Morgan fingerprint density at radius 3 is 2.72 bits per heavy atom. The van der Waals surface area contributed by atoms with Crippen molar-refractivity contribution in [2.45, 2.75) is 25.2 Å². The van der Waals surface area contributed by atoms with Gasteiger partial charge in [0.05, 0.1) is 5.92 Å². The molecule has 3 atom stereocenters. The average molecular weight is 370 g/mol. The Balaban J connectivity index is 1.57. The monoisotopic (exact) mass is 369 g/mol. The number of halogens is 2. The topological polar surface area (TPSA) is 75.6 Å². The lowest BCUT2D eigenvalue weighted by atomic mass is 9.86. The standard InChI is InChI=1S/C18H21ClFNO4/c19-14-2-1-3-15(20)16(14)11-8-12(11)17(22)21-9-13(18(23)24)10-4-6-25-7-5-10/h1-3,10-13H,4-9H2,(H,21,22)(H,23,24). The number of carbonyl (C=O) groups is 2. The molecule has 1 aliphatic heterocycles. The molecule has 1 aliphatic carbocycles. The predicted molar refractivity (Wildman–Crippen MR) is 89.9 cm³/mol. The molecular weight excluding hydrogens is 349 g/mol. The number of nitrogens with one attached hydrogen (secondary N) is 1. The van der Waals surface area contributed by atoms with Crippen LogP contribution in [0.5, 0.6) is 0 Å². The molecule has 0 aromatic heterocycles. The van der Waals surface area contributed by atoms with Gasteiger partial charge in [0.25, 0.3) is 0 Å². The van der Waals surface area contributed by atoms with Crippen LogP contribution in [-0.4, -0.2) is 36.7 Å². The van der Waals surface area contributed by atoms with E-state index >= 15 is 0 Å². The van der Waals surface area contributed by atoms with Crippen LogP contribution in [0, 0.1) is 23.6 Å². The predicted octanol–water partition coefficient (Wildman–Crippen LogP) is 2.83. The van der Waals surface area contributed by atoms with E-state index in [0.717, 1.165) is 0 Å². The third-order valence-electron chi connectivity index (χ3n) is 5.15. The largest absolute Gasteiger partial charge is 0.481 e. The van der Waals surface area contributed by atoms with Gasteiger partial charge in [-0.25, -0.2) is 4.39 Å². The molecule has 136 valence electrons. The zero-order valence-electron chi connectivity index (χ0n) is 13.7. The summed E-state index contributed by atoms with van der Waals surface area (Å²) in [5.74, 6) is -2.75. The molecule has 3 rings (SSSR count). The molecule has 5 nitrogen and oxygen atoms in total. The molecule has 1 aromatic carbocycles. The zero-order chi connectivity index (χ0) is 18.0. The van der Waals surface area contributed by atoms with Crippen LogP contribution in [0.25, 0.3) is 0 Å². The molecule has 3 unspecified atom stereocenters. The van der Waals surface area contributed by atoms with Crippen LogP contribution in [0.2, 0.25) is 5.02 Å². The molecule has 1 saturated carbocycles. The molecule has 1 heterocycles. The highest BCUT2D eigenvalue weighted by atomic mass is 35.5. The fourth-order valence-corrected chi connectivity index (χ4v) is 3.89. The summed E-state index contributed by atoms with van der Waals surface area (Å²) in [4.78, 5) is 23.8. The molecule has 1 saturated heterocycles. The molecule has 7 heteroatoms. The number of aliphatic carboxylic acids is 1. The molecule has 1 aromatic rings. The van der Waals surface area contributed by atoms with Crippen molar-refractivity contribution < 1.29 is 23.8 Å². The highest BCUT2D eigenvalue weighted by molar-refractivity contribution is 6.31. The number of amides is 1. The second-order valence-corrected chi connectivity index (χ2v) is 7.13. The van der Waals surface area contributed by atoms with Gasteiger partial charge in [0.15, 0.2) is 0 Å². The maximum atomic E-state index is 13.9. The Labute approximate surface area is 150 Å². The average Bonchev–Trinajstić information content (AvgIpc) is 3.36. The molecule has 2 N–H and O–H groups in total. The van der Waals surface area contributed by atoms with E-state index in [0.29, 0.717) is 43.1 Å². The third-order valence-corrected chi connectivity index (χ3v) is 5.48. The zero-order valence-corrected chi connectivity index (χ0v) is 14.5. The van der Waals surface area contributed by atoms with E-state index in [2.05, 4.69) is 5.32 Å². The highest BCUT2D eigenvalue weighted by Crippen LogP contribution is 2.50. The molecule has 0 radical (unpaired) electrons. The summed E-state index contributed by atoms with van der Waals surface area (Å²) in [6.45, 7) is 1.20. The van der Waals surface area contributed by atoms with Crippen LogP contribution < -0.4 is 5.32 Å². The number of carboxylic acids is 1. The fourth-order valence-electron chi connectivity index (χ4n) is 3.58. The first-order valence-electron chi connectivity index (χ1n) is 8.51. The second kappa shape index (κ2) is 7.70. The SMILES string of the molecule is O=C(O)C(CNC(=O)C1CC1c1c(F)cccc1Cl)C1CCOCC1. The molecule has 25 heavy (non-hydrogen) atoms. The Bertz CT molecular complexity index is 642. The lowest BCUT2D eigenvalue weighted by molar-refractivity contribution is -0.145. The van der Waals surface area contributed by atoms with Crippen molar-refractivity contribution in [3.05, 3.63) is 34.6 Å². The second-order valence-electron chi connectivity index (χ2n) is 6.72. The van der Waals surface area contributed by atoms with Gasteiger partial charge >= 0.3 is 5.97 Å². The van der Waals surface area contributed by atoms with E-state index < -0.39 is 17.7 Å². The van der Waals surface area contributed by atoms with Crippen molar-refractivity contribution >= 4 is 23.5 Å². The summed E-state index contributed by atoms with van der Waals surface area (Å²) in [5, 5.41) is 12.5. The molecule has 0 spiro atoms. The summed E-state index contributed by atoms with van der Waals surface area (Å²) in [7, 11) is 0. The number of carboxylic acid groups (broad SMARTS) is 1. The third kappa shape index (κ3) is 4.12. The van der Waals surface area contributed by atoms with Crippen molar-refractivity contribution in [1.29, 1.82) is 0 Å². The Morgan fingerprint density at radius 1 is 1.36 bits per heavy atom. The van der Waals surface area contributed by atoms with E-state index in [1.54, 1.807) is 6.07 Å². The van der Waals surface area contributed by atoms with Gasteiger partial charge < -0.3 is 15.2 Å². The van der Waals surface area contributed by atoms with Crippen LogP contribution in [0.15, 0.2) is 18.2 Å². The van der Waals surface area contributed by atoms with E-state index in [-0.39, 0.29) is 30.2 Å². The maximum absolute atomic E-state index is 13.9. The van der Waals surface area contributed by atoms with Gasteiger partial charge in [-0.15, -0.1) is 0 Å². The molecule has 2 fully saturated rings. The minimum absolute atomic E-state index is 0.00237. The Kier molecular flexibility index (Phi) is 5.59. The highest BCUT2D eigenvalue weighted by Gasteiger charge is 2.46. The van der Waals surface area contributed by atoms with Crippen LogP contribution >= 0.6 is 11.6 Å². The quantitative estimate of drug-likeness (QED) is 0.808. The van der Waals surface area contributed by atoms with E-state index in [4.69, 9.17) is 16.3 Å². The summed E-state index contributed by atoms with van der Waals surface area (Å²) < 4.78 is 19.2. The van der Waals surface area contributed by atoms with E-state index in [1.807, 2.05) is 0 Å². The first kappa shape index (κ1) is 18.1. The van der Waals surface area contributed by atoms with Gasteiger partial charge in [-0.2, -0.15) is 0 Å². The molecule has 1 amide bonds. The van der Waals surface area contributed by atoms with Crippen LogP contribution in [-0.2, 0) is 14.3 Å². The Hall–Kier alpha value is -1.66. The van der Waals surface area contributed by atoms with Gasteiger partial charge in [-0.05, 0) is 37.3 Å². The van der Waals surface area contributed by atoms with Crippen molar-refractivity contribution in [2.24, 2.45) is 17.8 Å². The van der Waals surface area contributed by atoms with Crippen LogP contribution in [0.3, 0.4) is 0 Å². The minimum atomic E-state index is -0.906. The summed E-state index contributed by atoms with van der Waals surface area (Å²) in [6.07, 6.45) is 1.90. The van der Waals surface area contributed by atoms with Gasteiger partial charge in [0.2, 0.25) is 5.91 Å². The molecule has 2 aliphatic rings.